The molecule has 3 nitrogen and oxygen atoms in total. The quantitative estimate of drug-likeness (QED) is 0.511. The molecule has 0 aliphatic carbocycles. The second-order valence-corrected chi connectivity index (χ2v) is 6.22. The van der Waals surface area contributed by atoms with Gasteiger partial charge in [0.25, 0.3) is 0 Å². The zero-order valence-electron chi connectivity index (χ0n) is 13.0. The summed E-state index contributed by atoms with van der Waals surface area (Å²) < 4.78 is 4.17. The van der Waals surface area contributed by atoms with Crippen LogP contribution in [0.2, 0.25) is 5.02 Å². The van der Waals surface area contributed by atoms with Gasteiger partial charge in [0, 0.05) is 30.0 Å². The van der Waals surface area contributed by atoms with Gasteiger partial charge in [-0.25, -0.2) is 4.98 Å². The Morgan fingerprint density at radius 2 is 1.52 bits per heavy atom. The van der Waals surface area contributed by atoms with Crippen LogP contribution in [0.5, 0.6) is 0 Å². The Labute approximate surface area is 139 Å². The number of hydrogen-bond donors (Lipinski definition) is 0. The molecule has 0 radical (unpaired) electrons. The fourth-order valence-corrected chi connectivity index (χ4v) is 2.93. The van der Waals surface area contributed by atoms with Gasteiger partial charge in [0.1, 0.15) is 0 Å². The van der Waals surface area contributed by atoms with E-state index in [0.717, 1.165) is 33.3 Å². The van der Waals surface area contributed by atoms with Crippen molar-refractivity contribution in [3.63, 3.8) is 0 Å². The van der Waals surface area contributed by atoms with Crippen LogP contribution in [0.4, 0.5) is 0 Å². The van der Waals surface area contributed by atoms with Crippen LogP contribution >= 0.6 is 11.6 Å². The first-order chi connectivity index (χ1) is 11.1. The van der Waals surface area contributed by atoms with Crippen LogP contribution in [0.3, 0.4) is 0 Å². The zero-order valence-corrected chi connectivity index (χ0v) is 13.7. The molecule has 0 spiro atoms. The summed E-state index contributed by atoms with van der Waals surface area (Å²) in [6.07, 6.45) is 4.17. The molecule has 2 heterocycles. The summed E-state index contributed by atoms with van der Waals surface area (Å²) in [6, 6.07) is 16.3. The van der Waals surface area contributed by atoms with Crippen molar-refractivity contribution in [2.75, 3.05) is 0 Å². The molecule has 0 aliphatic heterocycles. The highest BCUT2D eigenvalue weighted by Crippen LogP contribution is 2.26. The number of hydrogen-bond acceptors (Lipinski definition) is 1. The Hall–Kier alpha value is -2.52. The summed E-state index contributed by atoms with van der Waals surface area (Å²) >= 11 is 5.97. The molecule has 4 aromatic rings. The third-order valence-corrected chi connectivity index (χ3v) is 4.37. The number of aryl methyl sites for hydroxylation is 2. The molecule has 0 unspecified atom stereocenters. The summed E-state index contributed by atoms with van der Waals surface area (Å²) in [7, 11) is 2.03. The van der Waals surface area contributed by atoms with Crippen molar-refractivity contribution in [3.05, 3.63) is 71.5 Å². The molecular formula is C19H16ClN3. The van der Waals surface area contributed by atoms with E-state index >= 15 is 0 Å². The monoisotopic (exact) mass is 321 g/mol. The average molecular weight is 322 g/mol. The Kier molecular flexibility index (Phi) is 3.24. The number of aromatic nitrogens is 3. The molecule has 0 aliphatic rings. The van der Waals surface area contributed by atoms with Gasteiger partial charge in [-0.15, -0.1) is 0 Å². The van der Waals surface area contributed by atoms with Crippen molar-refractivity contribution in [2.24, 2.45) is 7.05 Å². The smallest absolute Gasteiger partial charge is 0.214 e. The predicted octanol–water partition coefficient (Wildman–Crippen LogP) is 4.97. The van der Waals surface area contributed by atoms with E-state index in [4.69, 9.17) is 16.6 Å². The summed E-state index contributed by atoms with van der Waals surface area (Å²) in [5, 5.41) is 0.745. The van der Waals surface area contributed by atoms with Crippen molar-refractivity contribution in [1.82, 2.24) is 14.0 Å². The molecule has 0 N–H and O–H groups in total. The van der Waals surface area contributed by atoms with E-state index in [9.17, 15) is 0 Å². The maximum absolute atomic E-state index is 5.97. The fourth-order valence-electron chi connectivity index (χ4n) is 2.81. The lowest BCUT2D eigenvalue weighted by Gasteiger charge is -2.03. The van der Waals surface area contributed by atoms with Crippen molar-refractivity contribution < 1.29 is 0 Å². The molecule has 0 saturated heterocycles. The SMILES string of the molecule is Cc1ccc(-c2cn3cc(-c4ccc(Cl)cc4)n(C)c3n2)cc1. The molecule has 4 heteroatoms. The number of rotatable bonds is 2. The minimum absolute atomic E-state index is 0.745. The maximum atomic E-state index is 5.97. The van der Waals surface area contributed by atoms with E-state index in [2.05, 4.69) is 52.6 Å². The molecule has 0 atom stereocenters. The van der Waals surface area contributed by atoms with Gasteiger partial charge in [-0.1, -0.05) is 53.6 Å². The van der Waals surface area contributed by atoms with E-state index in [1.807, 2.05) is 31.3 Å². The van der Waals surface area contributed by atoms with Gasteiger partial charge in [0.05, 0.1) is 11.4 Å². The van der Waals surface area contributed by atoms with Gasteiger partial charge < -0.3 is 4.57 Å². The van der Waals surface area contributed by atoms with E-state index in [1.54, 1.807) is 0 Å². The highest BCUT2D eigenvalue weighted by atomic mass is 35.5. The summed E-state index contributed by atoms with van der Waals surface area (Å²) in [5.74, 6) is 0.922. The van der Waals surface area contributed by atoms with Gasteiger partial charge in [-0.3, -0.25) is 4.40 Å². The fraction of sp³-hybridized carbons (Fsp3) is 0.105. The lowest BCUT2D eigenvalue weighted by Crippen LogP contribution is -1.92. The Bertz CT molecular complexity index is 976. The molecule has 23 heavy (non-hydrogen) atoms. The van der Waals surface area contributed by atoms with Gasteiger partial charge in [0.15, 0.2) is 0 Å². The topological polar surface area (TPSA) is 22.2 Å². The zero-order chi connectivity index (χ0) is 16.0. The summed E-state index contributed by atoms with van der Waals surface area (Å²) in [5.41, 5.74) is 5.60. The standard InChI is InChI=1S/C19H16ClN3/c1-13-3-5-14(6-4-13)17-11-23-12-18(22(2)19(23)21-17)15-7-9-16(20)10-8-15/h3-12H,1-2H3. The molecule has 4 rings (SSSR count). The Morgan fingerprint density at radius 1 is 0.870 bits per heavy atom. The average Bonchev–Trinajstić information content (AvgIpc) is 3.09. The minimum atomic E-state index is 0.745. The molecular weight excluding hydrogens is 306 g/mol. The van der Waals surface area contributed by atoms with Crippen LogP contribution in [-0.4, -0.2) is 14.0 Å². The maximum Gasteiger partial charge on any atom is 0.214 e. The van der Waals surface area contributed by atoms with E-state index in [0.29, 0.717) is 0 Å². The molecule has 2 aromatic heterocycles. The van der Waals surface area contributed by atoms with Crippen LogP contribution in [0, 0.1) is 6.92 Å². The number of fused-ring (bicyclic) bond motifs is 1. The van der Waals surface area contributed by atoms with E-state index < -0.39 is 0 Å². The molecule has 2 aromatic carbocycles. The van der Waals surface area contributed by atoms with Crippen LogP contribution < -0.4 is 0 Å². The minimum Gasteiger partial charge on any atom is -0.313 e. The van der Waals surface area contributed by atoms with E-state index in [1.165, 1.54) is 5.56 Å². The van der Waals surface area contributed by atoms with Crippen molar-refractivity contribution in [1.29, 1.82) is 0 Å². The Morgan fingerprint density at radius 3 is 2.17 bits per heavy atom. The molecule has 0 bridgehead atoms. The highest BCUT2D eigenvalue weighted by molar-refractivity contribution is 6.30. The van der Waals surface area contributed by atoms with Crippen LogP contribution in [0.25, 0.3) is 28.3 Å². The lowest BCUT2D eigenvalue weighted by atomic mass is 10.1. The number of imidazole rings is 2. The number of halogens is 1. The number of benzene rings is 2. The first-order valence-electron chi connectivity index (χ1n) is 7.49. The third-order valence-electron chi connectivity index (χ3n) is 4.12. The van der Waals surface area contributed by atoms with E-state index in [-0.39, 0.29) is 0 Å². The third kappa shape index (κ3) is 2.43. The normalized spacial score (nSPS) is 11.3. The second-order valence-electron chi connectivity index (χ2n) is 5.78. The van der Waals surface area contributed by atoms with Gasteiger partial charge in [-0.2, -0.15) is 0 Å². The Balaban J connectivity index is 1.80. The van der Waals surface area contributed by atoms with Crippen molar-refractivity contribution in [3.8, 4) is 22.5 Å². The second kappa shape index (κ2) is 5.28. The van der Waals surface area contributed by atoms with Gasteiger partial charge >= 0.3 is 0 Å². The first kappa shape index (κ1) is 14.1. The van der Waals surface area contributed by atoms with Gasteiger partial charge in [-0.05, 0) is 24.6 Å². The van der Waals surface area contributed by atoms with Gasteiger partial charge in [0.2, 0.25) is 5.78 Å². The highest BCUT2D eigenvalue weighted by Gasteiger charge is 2.12. The first-order valence-corrected chi connectivity index (χ1v) is 7.87. The number of nitrogens with zero attached hydrogens (tertiary/aromatic N) is 3. The largest absolute Gasteiger partial charge is 0.313 e. The molecule has 114 valence electrons. The van der Waals surface area contributed by atoms with Crippen LogP contribution in [-0.2, 0) is 7.05 Å². The van der Waals surface area contributed by atoms with Crippen molar-refractivity contribution >= 4 is 17.4 Å². The van der Waals surface area contributed by atoms with Crippen molar-refractivity contribution in [2.45, 2.75) is 6.92 Å². The molecule has 0 amide bonds. The predicted molar refractivity (Wildman–Crippen MR) is 94.8 cm³/mol. The van der Waals surface area contributed by atoms with Crippen LogP contribution in [0.1, 0.15) is 5.56 Å². The summed E-state index contributed by atoms with van der Waals surface area (Å²) in [4.78, 5) is 4.78. The molecule has 0 saturated carbocycles. The summed E-state index contributed by atoms with van der Waals surface area (Å²) in [6.45, 7) is 2.09. The lowest BCUT2D eigenvalue weighted by molar-refractivity contribution is 0.945. The van der Waals surface area contributed by atoms with Crippen LogP contribution in [0.15, 0.2) is 60.9 Å². The molecule has 0 fully saturated rings.